The van der Waals surface area contributed by atoms with Crippen LogP contribution in [0.1, 0.15) is 5.56 Å². The molecule has 0 N–H and O–H groups in total. The molecule has 3 heterocycles. The van der Waals surface area contributed by atoms with E-state index in [0.717, 1.165) is 60.7 Å². The molecule has 0 spiro atoms. The zero-order valence-electron chi connectivity index (χ0n) is 18.6. The predicted octanol–water partition coefficient (Wildman–Crippen LogP) is 6.81. The Morgan fingerprint density at radius 2 is 1.31 bits per heavy atom. The lowest BCUT2D eigenvalue weighted by atomic mass is 10.0. The first kappa shape index (κ1) is 19.4. The number of pyridine rings is 2. The zero-order valence-corrected chi connectivity index (χ0v) is 18.6. The maximum absolute atomic E-state index is 9.36. The molecule has 0 aliphatic heterocycles. The van der Waals surface area contributed by atoms with E-state index in [9.17, 15) is 5.26 Å². The van der Waals surface area contributed by atoms with E-state index in [1.165, 1.54) is 0 Å². The molecule has 5 heteroatoms. The number of aromatic nitrogens is 4. The quantitative estimate of drug-likeness (QED) is 0.273. The molecule has 7 rings (SSSR count). The Hall–Kier alpha value is -5.08. The van der Waals surface area contributed by atoms with Crippen molar-refractivity contribution in [1.29, 1.82) is 5.26 Å². The van der Waals surface area contributed by atoms with Gasteiger partial charge in [-0.05, 0) is 59.3 Å². The summed E-state index contributed by atoms with van der Waals surface area (Å²) in [6.45, 7) is 0. The lowest BCUT2D eigenvalue weighted by Crippen LogP contribution is -1.99. The molecule has 162 valence electrons. The lowest BCUT2D eigenvalue weighted by molar-refractivity contribution is 1.11. The molecule has 0 unspecified atom stereocenters. The molecule has 4 aromatic carbocycles. The SMILES string of the molecule is N#Cc1ccc(-n2c(-c3cccc4ccccc34)nc3c4cccnc4c4ncccc4c32)cc1. The molecular formula is C30H17N5. The Bertz CT molecular complexity index is 1950. The minimum absolute atomic E-state index is 0.617. The van der Waals surface area contributed by atoms with E-state index in [1.54, 1.807) is 12.4 Å². The van der Waals surface area contributed by atoms with Crippen LogP contribution < -0.4 is 0 Å². The normalized spacial score (nSPS) is 11.4. The van der Waals surface area contributed by atoms with E-state index in [4.69, 9.17) is 9.97 Å². The summed E-state index contributed by atoms with van der Waals surface area (Å²) in [4.78, 5) is 14.6. The summed E-state index contributed by atoms with van der Waals surface area (Å²) < 4.78 is 2.19. The number of hydrogen-bond acceptors (Lipinski definition) is 4. The third-order valence-corrected chi connectivity index (χ3v) is 6.51. The fourth-order valence-electron chi connectivity index (χ4n) is 4.96. The third kappa shape index (κ3) is 2.84. The maximum atomic E-state index is 9.36. The Labute approximate surface area is 200 Å². The molecule has 0 aliphatic rings. The van der Waals surface area contributed by atoms with E-state index >= 15 is 0 Å². The summed E-state index contributed by atoms with van der Waals surface area (Å²) in [5.74, 6) is 0.836. The van der Waals surface area contributed by atoms with Crippen molar-refractivity contribution < 1.29 is 0 Å². The summed E-state index contributed by atoms with van der Waals surface area (Å²) in [6, 6.07) is 32.5. The Kier molecular flexibility index (Phi) is 4.14. The van der Waals surface area contributed by atoms with Crippen molar-refractivity contribution >= 4 is 43.6 Å². The zero-order chi connectivity index (χ0) is 23.4. The van der Waals surface area contributed by atoms with Gasteiger partial charge in [0.25, 0.3) is 0 Å². The van der Waals surface area contributed by atoms with Crippen LogP contribution in [0.25, 0.3) is 60.7 Å². The minimum atomic E-state index is 0.617. The summed E-state index contributed by atoms with van der Waals surface area (Å²) in [6.07, 6.45) is 3.60. The Morgan fingerprint density at radius 3 is 2.11 bits per heavy atom. The summed E-state index contributed by atoms with van der Waals surface area (Å²) in [5.41, 5.74) is 6.12. The number of rotatable bonds is 2. The molecule has 0 saturated carbocycles. The molecule has 0 aliphatic carbocycles. The lowest BCUT2D eigenvalue weighted by Gasteiger charge is -2.13. The van der Waals surface area contributed by atoms with Crippen molar-refractivity contribution in [3.05, 3.63) is 109 Å². The third-order valence-electron chi connectivity index (χ3n) is 6.51. The summed E-state index contributed by atoms with van der Waals surface area (Å²) in [7, 11) is 0. The smallest absolute Gasteiger partial charge is 0.146 e. The molecule has 35 heavy (non-hydrogen) atoms. The average molecular weight is 448 g/mol. The highest BCUT2D eigenvalue weighted by Crippen LogP contribution is 2.39. The van der Waals surface area contributed by atoms with Gasteiger partial charge in [0.15, 0.2) is 0 Å². The second-order valence-electron chi connectivity index (χ2n) is 8.45. The summed E-state index contributed by atoms with van der Waals surface area (Å²) in [5, 5.41) is 13.6. The van der Waals surface area contributed by atoms with Crippen molar-refractivity contribution in [3.8, 4) is 23.1 Å². The van der Waals surface area contributed by atoms with Gasteiger partial charge in [-0.3, -0.25) is 14.5 Å². The number of fused-ring (bicyclic) bond motifs is 7. The van der Waals surface area contributed by atoms with E-state index in [-0.39, 0.29) is 0 Å². The maximum Gasteiger partial charge on any atom is 0.146 e. The highest BCUT2D eigenvalue weighted by Gasteiger charge is 2.21. The standard InChI is InChI=1S/C30H17N5/c31-18-19-12-14-21(15-13-19)35-29-25-11-5-17-33-27(25)26-24(10-4-16-32-26)28(29)34-30(35)23-9-3-7-20-6-1-2-8-22(20)23/h1-17H. The van der Waals surface area contributed by atoms with Gasteiger partial charge in [0.2, 0.25) is 0 Å². The van der Waals surface area contributed by atoms with Crippen LogP contribution in [0.15, 0.2) is 103 Å². The van der Waals surface area contributed by atoms with Gasteiger partial charge in [0, 0.05) is 34.4 Å². The van der Waals surface area contributed by atoms with Gasteiger partial charge in [-0.25, -0.2) is 4.98 Å². The molecule has 0 atom stereocenters. The van der Waals surface area contributed by atoms with Crippen molar-refractivity contribution in [2.75, 3.05) is 0 Å². The number of imidazole rings is 1. The Balaban J connectivity index is 1.72. The fraction of sp³-hybridized carbons (Fsp3) is 0. The van der Waals surface area contributed by atoms with Crippen LogP contribution in [0.5, 0.6) is 0 Å². The largest absolute Gasteiger partial charge is 0.292 e. The van der Waals surface area contributed by atoms with Crippen LogP contribution in [0, 0.1) is 11.3 Å². The van der Waals surface area contributed by atoms with Gasteiger partial charge in [-0.15, -0.1) is 0 Å². The number of benzene rings is 4. The van der Waals surface area contributed by atoms with Crippen LogP contribution in [-0.2, 0) is 0 Å². The molecule has 3 aromatic heterocycles. The minimum Gasteiger partial charge on any atom is -0.292 e. The van der Waals surface area contributed by atoms with Crippen LogP contribution in [0.4, 0.5) is 0 Å². The monoisotopic (exact) mass is 447 g/mol. The molecule has 0 amide bonds. The molecule has 5 nitrogen and oxygen atoms in total. The van der Waals surface area contributed by atoms with Crippen molar-refractivity contribution in [3.63, 3.8) is 0 Å². The Morgan fingerprint density at radius 1 is 0.629 bits per heavy atom. The van der Waals surface area contributed by atoms with Crippen molar-refractivity contribution in [2.24, 2.45) is 0 Å². The van der Waals surface area contributed by atoms with E-state index in [2.05, 4.69) is 64.2 Å². The second kappa shape index (κ2) is 7.47. The topological polar surface area (TPSA) is 67.4 Å². The van der Waals surface area contributed by atoms with E-state index in [0.29, 0.717) is 5.56 Å². The van der Waals surface area contributed by atoms with E-state index < -0.39 is 0 Å². The highest BCUT2D eigenvalue weighted by molar-refractivity contribution is 6.22. The van der Waals surface area contributed by atoms with Crippen LogP contribution >= 0.6 is 0 Å². The van der Waals surface area contributed by atoms with Crippen molar-refractivity contribution in [2.45, 2.75) is 0 Å². The summed E-state index contributed by atoms with van der Waals surface area (Å²) >= 11 is 0. The second-order valence-corrected chi connectivity index (χ2v) is 8.45. The number of hydrogen-bond donors (Lipinski definition) is 0. The van der Waals surface area contributed by atoms with Crippen LogP contribution in [-0.4, -0.2) is 19.5 Å². The molecular weight excluding hydrogens is 430 g/mol. The molecule has 0 fully saturated rings. The van der Waals surface area contributed by atoms with Gasteiger partial charge in [-0.1, -0.05) is 42.5 Å². The predicted molar refractivity (Wildman–Crippen MR) is 139 cm³/mol. The van der Waals surface area contributed by atoms with Gasteiger partial charge in [0.05, 0.1) is 33.7 Å². The highest BCUT2D eigenvalue weighted by atomic mass is 15.1. The van der Waals surface area contributed by atoms with Gasteiger partial charge < -0.3 is 0 Å². The number of nitrogens with zero attached hydrogens (tertiary/aromatic N) is 5. The molecule has 0 radical (unpaired) electrons. The first-order chi connectivity index (χ1) is 17.3. The van der Waals surface area contributed by atoms with E-state index in [1.807, 2.05) is 42.5 Å². The van der Waals surface area contributed by atoms with Crippen LogP contribution in [0.3, 0.4) is 0 Å². The fourth-order valence-corrected chi connectivity index (χ4v) is 4.96. The first-order valence-electron chi connectivity index (χ1n) is 11.4. The molecule has 7 aromatic rings. The number of nitriles is 1. The van der Waals surface area contributed by atoms with Gasteiger partial charge >= 0.3 is 0 Å². The van der Waals surface area contributed by atoms with Gasteiger partial charge in [0.1, 0.15) is 5.82 Å². The molecule has 0 saturated heterocycles. The first-order valence-corrected chi connectivity index (χ1v) is 11.4. The van der Waals surface area contributed by atoms with Crippen LogP contribution in [0.2, 0.25) is 0 Å². The van der Waals surface area contributed by atoms with Gasteiger partial charge in [-0.2, -0.15) is 5.26 Å². The van der Waals surface area contributed by atoms with Crippen molar-refractivity contribution in [1.82, 2.24) is 19.5 Å². The molecule has 0 bridgehead atoms. The average Bonchev–Trinajstić information content (AvgIpc) is 3.34.